The lowest BCUT2D eigenvalue weighted by molar-refractivity contribution is -0.129. The van der Waals surface area contributed by atoms with Crippen LogP contribution in [0.15, 0.2) is 59.5 Å². The lowest BCUT2D eigenvalue weighted by Gasteiger charge is -2.25. The number of Topliss-reactive ketones (excluding diaryl/α,β-unsaturated/α-hetero) is 1. The molecule has 0 aromatic heterocycles. The van der Waals surface area contributed by atoms with E-state index in [0.29, 0.717) is 10.5 Å². The zero-order chi connectivity index (χ0) is 22.3. The summed E-state index contributed by atoms with van der Waals surface area (Å²) >= 11 is 1.29. The van der Waals surface area contributed by atoms with Gasteiger partial charge in [0.15, 0.2) is 12.4 Å². The van der Waals surface area contributed by atoms with Gasteiger partial charge in [-0.25, -0.2) is 4.79 Å². The number of hydrogen-bond acceptors (Lipinski definition) is 5. The minimum atomic E-state index is -0.568. The summed E-state index contributed by atoms with van der Waals surface area (Å²) in [7, 11) is 1.78. The molecule has 0 spiro atoms. The van der Waals surface area contributed by atoms with Gasteiger partial charge in [-0.15, -0.1) is 11.8 Å². The normalized spacial score (nSPS) is 12.2. The Labute approximate surface area is 182 Å². The molecule has 2 aromatic carbocycles. The van der Waals surface area contributed by atoms with E-state index in [1.54, 1.807) is 57.0 Å². The smallest absolute Gasteiger partial charge is 0.339 e. The molecular formula is C24H29NO4S. The number of amides is 1. The van der Waals surface area contributed by atoms with Crippen molar-refractivity contribution in [3.8, 4) is 0 Å². The SMILES string of the molecule is C[C@@H](c1ccccc1)N(C)C(=O)CSc1ccccc1C(=O)OCC(=O)C(C)(C)C. The van der Waals surface area contributed by atoms with Gasteiger partial charge in [-0.1, -0.05) is 63.2 Å². The van der Waals surface area contributed by atoms with Crippen LogP contribution in [0.2, 0.25) is 0 Å². The third-order valence-electron chi connectivity index (χ3n) is 4.89. The van der Waals surface area contributed by atoms with Gasteiger partial charge in [0, 0.05) is 17.4 Å². The quantitative estimate of drug-likeness (QED) is 0.448. The van der Waals surface area contributed by atoms with Crippen LogP contribution in [0, 0.1) is 5.41 Å². The standard InChI is InChI=1S/C24H29NO4S/c1-17(18-11-7-6-8-12-18)25(5)22(27)16-30-20-14-10-9-13-19(20)23(28)29-15-21(26)24(2,3)4/h6-14,17H,15-16H2,1-5H3/t17-/m0/s1. The Hall–Kier alpha value is -2.60. The van der Waals surface area contributed by atoms with Gasteiger partial charge in [0.25, 0.3) is 0 Å². The van der Waals surface area contributed by atoms with E-state index in [1.165, 1.54) is 11.8 Å². The van der Waals surface area contributed by atoms with Crippen LogP contribution in [-0.4, -0.2) is 42.0 Å². The molecule has 0 fully saturated rings. The second-order valence-electron chi connectivity index (χ2n) is 8.13. The minimum Gasteiger partial charge on any atom is -0.454 e. The van der Waals surface area contributed by atoms with Gasteiger partial charge in [0.1, 0.15) is 0 Å². The van der Waals surface area contributed by atoms with Crippen LogP contribution in [0.4, 0.5) is 0 Å². The first-order valence-electron chi connectivity index (χ1n) is 9.84. The number of nitrogens with zero attached hydrogens (tertiary/aromatic N) is 1. The Bertz CT molecular complexity index is 890. The molecule has 0 bridgehead atoms. The molecule has 30 heavy (non-hydrogen) atoms. The summed E-state index contributed by atoms with van der Waals surface area (Å²) in [6, 6.07) is 16.7. The Morgan fingerprint density at radius 3 is 2.23 bits per heavy atom. The number of hydrogen-bond donors (Lipinski definition) is 0. The number of rotatable bonds is 8. The van der Waals surface area contributed by atoms with Crippen molar-refractivity contribution in [1.29, 1.82) is 0 Å². The summed E-state index contributed by atoms with van der Waals surface area (Å²) in [5.74, 6) is -0.553. The van der Waals surface area contributed by atoms with Crippen molar-refractivity contribution in [1.82, 2.24) is 4.90 Å². The largest absolute Gasteiger partial charge is 0.454 e. The van der Waals surface area contributed by atoms with Crippen molar-refractivity contribution in [2.75, 3.05) is 19.4 Å². The van der Waals surface area contributed by atoms with Crippen LogP contribution in [-0.2, 0) is 14.3 Å². The summed E-state index contributed by atoms with van der Waals surface area (Å²) < 4.78 is 5.21. The zero-order valence-electron chi connectivity index (χ0n) is 18.2. The third kappa shape index (κ3) is 6.46. The first-order chi connectivity index (χ1) is 14.1. The monoisotopic (exact) mass is 427 g/mol. The summed E-state index contributed by atoms with van der Waals surface area (Å²) in [4.78, 5) is 39.5. The lowest BCUT2D eigenvalue weighted by Crippen LogP contribution is -2.31. The summed E-state index contributed by atoms with van der Waals surface area (Å²) in [6.07, 6.45) is 0. The molecule has 0 saturated heterocycles. The molecule has 1 amide bonds. The zero-order valence-corrected chi connectivity index (χ0v) is 19.0. The van der Waals surface area contributed by atoms with E-state index in [1.807, 2.05) is 37.3 Å². The van der Waals surface area contributed by atoms with Crippen LogP contribution in [0.25, 0.3) is 0 Å². The second kappa shape index (κ2) is 10.4. The summed E-state index contributed by atoms with van der Waals surface area (Å²) in [5, 5.41) is 0. The van der Waals surface area contributed by atoms with Crippen LogP contribution >= 0.6 is 11.8 Å². The van der Waals surface area contributed by atoms with Crippen LogP contribution in [0.3, 0.4) is 0 Å². The predicted octanol–water partition coefficient (Wildman–Crippen LogP) is 4.77. The van der Waals surface area contributed by atoms with E-state index < -0.39 is 11.4 Å². The number of carbonyl (C=O) groups is 3. The number of thioether (sulfide) groups is 1. The molecule has 0 N–H and O–H groups in total. The van der Waals surface area contributed by atoms with Crippen LogP contribution in [0.5, 0.6) is 0 Å². The molecule has 0 aliphatic heterocycles. The highest BCUT2D eigenvalue weighted by atomic mass is 32.2. The molecule has 2 aromatic rings. The van der Waals surface area contributed by atoms with Gasteiger partial charge in [-0.3, -0.25) is 9.59 Å². The molecule has 0 aliphatic rings. The Morgan fingerprint density at radius 2 is 1.60 bits per heavy atom. The van der Waals surface area contributed by atoms with Gasteiger partial charge in [0.2, 0.25) is 5.91 Å². The highest BCUT2D eigenvalue weighted by Crippen LogP contribution is 2.26. The van der Waals surface area contributed by atoms with Gasteiger partial charge in [0.05, 0.1) is 17.4 Å². The van der Waals surface area contributed by atoms with Gasteiger partial charge in [-0.2, -0.15) is 0 Å². The third-order valence-corrected chi connectivity index (χ3v) is 5.94. The Morgan fingerprint density at radius 1 is 1.00 bits per heavy atom. The fraction of sp³-hybridized carbons (Fsp3) is 0.375. The predicted molar refractivity (Wildman–Crippen MR) is 120 cm³/mol. The minimum absolute atomic E-state index is 0.0394. The first-order valence-corrected chi connectivity index (χ1v) is 10.8. The van der Waals surface area contributed by atoms with E-state index in [-0.39, 0.29) is 30.1 Å². The first kappa shape index (κ1) is 23.7. The molecule has 0 saturated carbocycles. The molecule has 160 valence electrons. The lowest BCUT2D eigenvalue weighted by atomic mass is 9.91. The summed E-state index contributed by atoms with van der Waals surface area (Å²) in [5.41, 5.74) is 0.850. The van der Waals surface area contributed by atoms with E-state index in [9.17, 15) is 14.4 Å². The molecule has 0 heterocycles. The van der Waals surface area contributed by atoms with E-state index in [2.05, 4.69) is 0 Å². The molecule has 5 nitrogen and oxygen atoms in total. The average Bonchev–Trinajstić information content (AvgIpc) is 2.74. The maximum Gasteiger partial charge on any atom is 0.339 e. The van der Waals surface area contributed by atoms with Crippen LogP contribution < -0.4 is 0 Å². The van der Waals surface area contributed by atoms with Crippen LogP contribution in [0.1, 0.15) is 49.7 Å². The second-order valence-corrected chi connectivity index (χ2v) is 9.14. The van der Waals surface area contributed by atoms with Gasteiger partial charge < -0.3 is 9.64 Å². The molecule has 1 atom stereocenters. The Kier molecular flexibility index (Phi) is 8.24. The van der Waals surface area contributed by atoms with Gasteiger partial charge in [-0.05, 0) is 24.6 Å². The maximum atomic E-state index is 12.7. The highest BCUT2D eigenvalue weighted by Gasteiger charge is 2.24. The van der Waals surface area contributed by atoms with Crippen molar-refractivity contribution in [2.45, 2.75) is 38.6 Å². The summed E-state index contributed by atoms with van der Waals surface area (Å²) in [6.45, 7) is 7.07. The number of ether oxygens (including phenoxy) is 1. The fourth-order valence-corrected chi connectivity index (χ4v) is 3.56. The maximum absolute atomic E-state index is 12.7. The highest BCUT2D eigenvalue weighted by molar-refractivity contribution is 8.00. The van der Waals surface area contributed by atoms with E-state index >= 15 is 0 Å². The number of benzene rings is 2. The average molecular weight is 428 g/mol. The fourth-order valence-electron chi connectivity index (χ4n) is 2.60. The Balaban J connectivity index is 2.00. The molecule has 0 radical (unpaired) electrons. The molecule has 6 heteroatoms. The van der Waals surface area contributed by atoms with Crippen molar-refractivity contribution in [3.63, 3.8) is 0 Å². The number of carbonyl (C=O) groups excluding carboxylic acids is 3. The van der Waals surface area contributed by atoms with Gasteiger partial charge >= 0.3 is 5.97 Å². The topological polar surface area (TPSA) is 63.7 Å². The van der Waals surface area contributed by atoms with E-state index in [0.717, 1.165) is 5.56 Å². The molecule has 2 rings (SSSR count). The molecule has 0 unspecified atom stereocenters. The van der Waals surface area contributed by atoms with Crippen molar-refractivity contribution >= 4 is 29.4 Å². The number of esters is 1. The van der Waals surface area contributed by atoms with Crippen molar-refractivity contribution in [3.05, 3.63) is 65.7 Å². The molecule has 0 aliphatic carbocycles. The van der Waals surface area contributed by atoms with Crippen molar-refractivity contribution in [2.24, 2.45) is 5.41 Å². The van der Waals surface area contributed by atoms with E-state index in [4.69, 9.17) is 4.74 Å². The molecular weight excluding hydrogens is 398 g/mol. The number of ketones is 1. The van der Waals surface area contributed by atoms with Crippen molar-refractivity contribution < 1.29 is 19.1 Å².